The molecule has 3 amide bonds. The minimum Gasteiger partial charge on any atom is -0.324 e. The Hall–Kier alpha value is -3.40. The zero-order valence-corrected chi connectivity index (χ0v) is 15.3. The lowest BCUT2D eigenvalue weighted by molar-refractivity contribution is -0.123. The van der Waals surface area contributed by atoms with E-state index in [0.29, 0.717) is 0 Å². The molecule has 11 heteroatoms. The molecule has 0 bridgehead atoms. The van der Waals surface area contributed by atoms with E-state index < -0.39 is 41.4 Å². The van der Waals surface area contributed by atoms with Crippen LogP contribution in [0.3, 0.4) is 0 Å². The van der Waals surface area contributed by atoms with Gasteiger partial charge in [0.15, 0.2) is 12.1 Å². The zero-order chi connectivity index (χ0) is 20.7. The van der Waals surface area contributed by atoms with Crippen molar-refractivity contribution >= 4 is 40.7 Å². The van der Waals surface area contributed by atoms with Crippen molar-refractivity contribution in [2.45, 2.75) is 12.1 Å². The quantitative estimate of drug-likeness (QED) is 0.770. The molecule has 2 atom stereocenters. The Morgan fingerprint density at radius 1 is 1.14 bits per heavy atom. The average Bonchev–Trinajstić information content (AvgIpc) is 3.18. The van der Waals surface area contributed by atoms with Crippen LogP contribution >= 0.6 is 11.6 Å². The molecule has 4 rings (SSSR count). The van der Waals surface area contributed by atoms with Gasteiger partial charge in [-0.25, -0.2) is 13.7 Å². The van der Waals surface area contributed by atoms with Crippen LogP contribution in [0.25, 0.3) is 0 Å². The van der Waals surface area contributed by atoms with Crippen LogP contribution in [0.5, 0.6) is 0 Å². The maximum atomic E-state index is 13.4. The van der Waals surface area contributed by atoms with Crippen LogP contribution in [-0.2, 0) is 14.4 Å². The van der Waals surface area contributed by atoms with Crippen LogP contribution in [0.15, 0.2) is 52.8 Å². The number of hydrogen-bond donors (Lipinski definition) is 1. The van der Waals surface area contributed by atoms with E-state index in [9.17, 15) is 23.2 Å². The molecule has 0 aromatic heterocycles. The van der Waals surface area contributed by atoms with Gasteiger partial charge < -0.3 is 5.32 Å². The Bertz CT molecular complexity index is 1060. The van der Waals surface area contributed by atoms with E-state index in [2.05, 4.69) is 15.7 Å². The molecule has 1 fully saturated rings. The summed E-state index contributed by atoms with van der Waals surface area (Å²) in [5.41, 5.74) is 0.333. The number of amides is 3. The third-order valence-electron chi connectivity index (χ3n) is 4.43. The van der Waals surface area contributed by atoms with E-state index in [4.69, 9.17) is 11.6 Å². The Morgan fingerprint density at radius 2 is 1.93 bits per heavy atom. The summed E-state index contributed by atoms with van der Waals surface area (Å²) in [7, 11) is 0. The van der Waals surface area contributed by atoms with Gasteiger partial charge >= 0.3 is 0 Å². The number of hydrogen-bond acceptors (Lipinski definition) is 6. The van der Waals surface area contributed by atoms with Crippen LogP contribution in [0.4, 0.5) is 20.2 Å². The normalized spacial score (nSPS) is 20.4. The molecule has 148 valence electrons. The molecule has 0 spiro atoms. The van der Waals surface area contributed by atoms with E-state index in [1.807, 2.05) is 0 Å². The smallest absolute Gasteiger partial charge is 0.263 e. The fraction of sp³-hybridized carbons (Fsp3) is 0.167. The van der Waals surface area contributed by atoms with Crippen molar-refractivity contribution < 1.29 is 23.2 Å². The largest absolute Gasteiger partial charge is 0.324 e. The van der Waals surface area contributed by atoms with Gasteiger partial charge in [0.25, 0.3) is 11.8 Å². The zero-order valence-electron chi connectivity index (χ0n) is 14.6. The van der Waals surface area contributed by atoms with Gasteiger partial charge in [-0.1, -0.05) is 22.9 Å². The van der Waals surface area contributed by atoms with Gasteiger partial charge in [0.05, 0.1) is 10.7 Å². The molecule has 0 saturated carbocycles. The summed E-state index contributed by atoms with van der Waals surface area (Å²) < 4.78 is 26.6. The molecule has 0 radical (unpaired) electrons. The number of carbonyl (C=O) groups excluding carboxylic acids is 3. The molecule has 0 unspecified atom stereocenters. The minimum absolute atomic E-state index is 0.0974. The highest BCUT2D eigenvalue weighted by Crippen LogP contribution is 2.33. The van der Waals surface area contributed by atoms with Crippen molar-refractivity contribution in [2.75, 3.05) is 16.8 Å². The first-order valence-electron chi connectivity index (χ1n) is 8.41. The van der Waals surface area contributed by atoms with Gasteiger partial charge in [-0.2, -0.15) is 5.11 Å². The SMILES string of the molecule is O=C(CN1N=N[C@@H]2C(=O)N(c3ccc(F)c(Cl)c3)C(=O)[C@@H]21)Nc1cccc(F)c1. The predicted molar refractivity (Wildman–Crippen MR) is 98.1 cm³/mol. The van der Waals surface area contributed by atoms with Crippen molar-refractivity contribution in [3.05, 3.63) is 59.1 Å². The Balaban J connectivity index is 1.50. The second-order valence-electron chi connectivity index (χ2n) is 6.36. The number of anilines is 2. The van der Waals surface area contributed by atoms with E-state index in [0.717, 1.165) is 28.1 Å². The highest BCUT2D eigenvalue weighted by Gasteiger charge is 2.55. The number of rotatable bonds is 4. The lowest BCUT2D eigenvalue weighted by Gasteiger charge is -2.20. The molecule has 0 aliphatic carbocycles. The van der Waals surface area contributed by atoms with E-state index in [1.165, 1.54) is 24.3 Å². The molecule has 2 aromatic rings. The molecule has 8 nitrogen and oxygen atoms in total. The van der Waals surface area contributed by atoms with Crippen molar-refractivity contribution in [3.8, 4) is 0 Å². The summed E-state index contributed by atoms with van der Waals surface area (Å²) in [5, 5.41) is 10.9. The molecule has 1 saturated heterocycles. The highest BCUT2D eigenvalue weighted by atomic mass is 35.5. The molecule has 2 aliphatic heterocycles. The summed E-state index contributed by atoms with van der Waals surface area (Å²) in [6.07, 6.45) is 0. The molecule has 2 aromatic carbocycles. The number of imide groups is 1. The Kier molecular flexibility index (Phi) is 4.71. The molecule has 1 N–H and O–H groups in total. The van der Waals surface area contributed by atoms with E-state index >= 15 is 0 Å². The maximum absolute atomic E-state index is 13.4. The number of carbonyl (C=O) groups is 3. The summed E-state index contributed by atoms with van der Waals surface area (Å²) >= 11 is 5.74. The fourth-order valence-corrected chi connectivity index (χ4v) is 3.32. The first-order chi connectivity index (χ1) is 13.8. The fourth-order valence-electron chi connectivity index (χ4n) is 3.15. The number of halogens is 3. The van der Waals surface area contributed by atoms with Crippen LogP contribution in [0, 0.1) is 11.6 Å². The third-order valence-corrected chi connectivity index (χ3v) is 4.72. The molecule has 2 heterocycles. The highest BCUT2D eigenvalue weighted by molar-refractivity contribution is 6.32. The van der Waals surface area contributed by atoms with Gasteiger partial charge in [0.2, 0.25) is 5.91 Å². The van der Waals surface area contributed by atoms with Crippen LogP contribution in [0.1, 0.15) is 0 Å². The summed E-state index contributed by atoms with van der Waals surface area (Å²) in [5.74, 6) is -3.09. The number of nitrogens with one attached hydrogen (secondary N) is 1. The van der Waals surface area contributed by atoms with Crippen molar-refractivity contribution in [1.29, 1.82) is 0 Å². The first-order valence-corrected chi connectivity index (χ1v) is 8.78. The summed E-state index contributed by atoms with van der Waals surface area (Å²) in [6, 6.07) is 6.52. The number of nitrogens with zero attached hydrogens (tertiary/aromatic N) is 4. The average molecular weight is 420 g/mol. The monoisotopic (exact) mass is 419 g/mol. The lowest BCUT2D eigenvalue weighted by Crippen LogP contribution is -2.43. The predicted octanol–water partition coefficient (Wildman–Crippen LogP) is 2.55. The maximum Gasteiger partial charge on any atom is 0.263 e. The summed E-state index contributed by atoms with van der Waals surface area (Å²) in [4.78, 5) is 38.5. The second-order valence-corrected chi connectivity index (χ2v) is 6.77. The molecule has 2 aliphatic rings. The van der Waals surface area contributed by atoms with E-state index in [1.54, 1.807) is 0 Å². The van der Waals surface area contributed by atoms with Crippen LogP contribution in [-0.4, -0.2) is 41.4 Å². The lowest BCUT2D eigenvalue weighted by atomic mass is 10.1. The number of fused-ring (bicyclic) bond motifs is 1. The van der Waals surface area contributed by atoms with Gasteiger partial charge in [0, 0.05) is 5.69 Å². The van der Waals surface area contributed by atoms with Crippen molar-refractivity contribution in [1.82, 2.24) is 5.01 Å². The molecule has 29 heavy (non-hydrogen) atoms. The Morgan fingerprint density at radius 3 is 2.66 bits per heavy atom. The standard InChI is InChI=1S/C18H12ClF2N5O3/c19-12-7-11(4-5-13(12)21)26-17(28)15-16(18(26)29)25(24-23-15)8-14(27)22-10-3-1-2-9(20)6-10/h1-7,15-16H,8H2,(H,22,27)/t15-,16+/m0/s1. The minimum atomic E-state index is -1.12. The van der Waals surface area contributed by atoms with Crippen LogP contribution < -0.4 is 10.2 Å². The van der Waals surface area contributed by atoms with Gasteiger partial charge in [0.1, 0.15) is 18.2 Å². The molecular weight excluding hydrogens is 408 g/mol. The van der Waals surface area contributed by atoms with Gasteiger partial charge in [-0.05, 0) is 36.4 Å². The number of benzene rings is 2. The van der Waals surface area contributed by atoms with Gasteiger partial charge in [-0.3, -0.25) is 19.4 Å². The van der Waals surface area contributed by atoms with Crippen molar-refractivity contribution in [3.63, 3.8) is 0 Å². The van der Waals surface area contributed by atoms with E-state index in [-0.39, 0.29) is 22.9 Å². The third kappa shape index (κ3) is 3.42. The second kappa shape index (κ2) is 7.21. The van der Waals surface area contributed by atoms with Gasteiger partial charge in [-0.15, -0.1) is 0 Å². The summed E-state index contributed by atoms with van der Waals surface area (Å²) in [6.45, 7) is -0.377. The Labute approximate surface area is 167 Å². The van der Waals surface area contributed by atoms with Crippen molar-refractivity contribution in [2.24, 2.45) is 10.3 Å². The topological polar surface area (TPSA) is 94.4 Å². The van der Waals surface area contributed by atoms with Crippen LogP contribution in [0.2, 0.25) is 5.02 Å². The molecular formula is C18H12ClF2N5O3. The first kappa shape index (κ1) is 18.9.